The number of Topliss-reactive ketones (excluding diaryl/α,β-unsaturated/α-hetero) is 1. The fourth-order valence-corrected chi connectivity index (χ4v) is 5.52. The monoisotopic (exact) mass is 534 g/mol. The summed E-state index contributed by atoms with van der Waals surface area (Å²) in [6, 6.07) is 10.9. The summed E-state index contributed by atoms with van der Waals surface area (Å²) in [6.45, 7) is 4.26. The Kier molecular flexibility index (Phi) is 7.94. The number of carbonyl (C=O) groups is 1. The average molecular weight is 535 g/mol. The van der Waals surface area contributed by atoms with Gasteiger partial charge in [0.15, 0.2) is 0 Å². The smallest absolute Gasteiger partial charge is 0.213 e. The van der Waals surface area contributed by atoms with Gasteiger partial charge in [-0.25, -0.2) is 14.1 Å². The van der Waals surface area contributed by atoms with Gasteiger partial charge in [0.25, 0.3) is 0 Å². The van der Waals surface area contributed by atoms with E-state index in [-0.39, 0.29) is 36.0 Å². The Bertz CT molecular complexity index is 1450. The molecular formula is C29H32F2N6O2. The maximum Gasteiger partial charge on any atom is 0.213 e. The third-order valence-electron chi connectivity index (χ3n) is 7.46. The predicted octanol–water partition coefficient (Wildman–Crippen LogP) is 4.12. The van der Waals surface area contributed by atoms with Crippen LogP contribution >= 0.6 is 0 Å². The van der Waals surface area contributed by atoms with E-state index in [1.165, 1.54) is 0 Å². The Morgan fingerprint density at radius 3 is 2.67 bits per heavy atom. The number of para-hydroxylation sites is 1. The molecule has 4 heterocycles. The van der Waals surface area contributed by atoms with Crippen LogP contribution < -0.4 is 0 Å². The van der Waals surface area contributed by atoms with Crippen molar-refractivity contribution in [2.24, 2.45) is 13.0 Å². The molecule has 1 saturated heterocycles. The zero-order chi connectivity index (χ0) is 27.5. The van der Waals surface area contributed by atoms with Crippen molar-refractivity contribution in [1.29, 1.82) is 0 Å². The van der Waals surface area contributed by atoms with Gasteiger partial charge in [0.2, 0.25) is 5.95 Å². The number of hydrogen-bond donors (Lipinski definition) is 0. The molecule has 39 heavy (non-hydrogen) atoms. The van der Waals surface area contributed by atoms with Crippen LogP contribution in [0.4, 0.5) is 8.78 Å². The molecular weight excluding hydrogens is 502 g/mol. The zero-order valence-corrected chi connectivity index (χ0v) is 22.3. The molecule has 1 aromatic carbocycles. The topological polar surface area (TPSA) is 78.1 Å². The minimum atomic E-state index is -0.725. The average Bonchev–Trinajstić information content (AvgIpc) is 3.62. The lowest BCUT2D eigenvalue weighted by molar-refractivity contribution is -0.119. The van der Waals surface area contributed by atoms with Gasteiger partial charge in [-0.1, -0.05) is 18.2 Å². The van der Waals surface area contributed by atoms with Gasteiger partial charge in [0.1, 0.15) is 11.6 Å². The standard InChI is InChI=1S/C29H32F2N6O2/c1-19-27(37(22-7-5-4-6-8-22)34-29(19)21-14-33-35(2)16-21)12-23(38)11-20-17-36(9-10-39-3)18-25(20)24-13-28(31)32-15-26(24)30/h4-8,13-16,20,25H,9-12,17-18H2,1-3H3/t20-,25-/m1/s1. The van der Waals surface area contributed by atoms with E-state index in [2.05, 4.69) is 15.0 Å². The van der Waals surface area contributed by atoms with Crippen LogP contribution in [-0.4, -0.2) is 68.6 Å². The van der Waals surface area contributed by atoms with Crippen LogP contribution in [0.15, 0.2) is 55.0 Å². The van der Waals surface area contributed by atoms with Crippen LogP contribution in [0.5, 0.6) is 0 Å². The summed E-state index contributed by atoms with van der Waals surface area (Å²) in [5, 5.41) is 9.15. The molecule has 5 rings (SSSR count). The first-order valence-electron chi connectivity index (χ1n) is 13.0. The van der Waals surface area contributed by atoms with Crippen molar-refractivity contribution in [1.82, 2.24) is 29.4 Å². The van der Waals surface area contributed by atoms with Gasteiger partial charge in [0.05, 0.1) is 36.1 Å². The fraction of sp³-hybridized carbons (Fsp3) is 0.379. The molecule has 0 aliphatic carbocycles. The quantitative estimate of drug-likeness (QED) is 0.285. The lowest BCUT2D eigenvalue weighted by Crippen LogP contribution is -2.25. The van der Waals surface area contributed by atoms with E-state index in [4.69, 9.17) is 9.84 Å². The molecule has 0 bridgehead atoms. The normalized spacial score (nSPS) is 17.7. The molecule has 0 spiro atoms. The van der Waals surface area contributed by atoms with Gasteiger partial charge in [-0.3, -0.25) is 9.48 Å². The largest absolute Gasteiger partial charge is 0.383 e. The molecule has 204 valence electrons. The highest BCUT2D eigenvalue weighted by atomic mass is 19.1. The van der Waals surface area contributed by atoms with E-state index >= 15 is 0 Å². The van der Waals surface area contributed by atoms with Crippen molar-refractivity contribution in [3.63, 3.8) is 0 Å². The van der Waals surface area contributed by atoms with Gasteiger partial charge in [-0.2, -0.15) is 14.6 Å². The first-order valence-corrected chi connectivity index (χ1v) is 13.0. The predicted molar refractivity (Wildman–Crippen MR) is 143 cm³/mol. The van der Waals surface area contributed by atoms with E-state index in [1.54, 1.807) is 18.0 Å². The first kappa shape index (κ1) is 26.8. The number of benzene rings is 1. The summed E-state index contributed by atoms with van der Waals surface area (Å²) in [4.78, 5) is 19.2. The molecule has 1 aliphatic rings. The number of methoxy groups -OCH3 is 1. The molecule has 4 aromatic rings. The minimum Gasteiger partial charge on any atom is -0.383 e. The molecule has 0 saturated carbocycles. The van der Waals surface area contributed by atoms with Gasteiger partial charge in [-0.05, 0) is 42.2 Å². The number of hydrogen-bond acceptors (Lipinski definition) is 6. The highest BCUT2D eigenvalue weighted by molar-refractivity contribution is 5.82. The van der Waals surface area contributed by atoms with Crippen molar-refractivity contribution in [3.8, 4) is 16.9 Å². The maximum absolute atomic E-state index is 14.7. The number of halogens is 2. The lowest BCUT2D eigenvalue weighted by atomic mass is 9.85. The number of pyridine rings is 1. The second-order valence-corrected chi connectivity index (χ2v) is 10.1. The van der Waals surface area contributed by atoms with Gasteiger partial charge in [0, 0.05) is 64.3 Å². The van der Waals surface area contributed by atoms with Gasteiger partial charge < -0.3 is 9.64 Å². The number of nitrogens with zero attached hydrogens (tertiary/aromatic N) is 6. The maximum atomic E-state index is 14.7. The van der Waals surface area contributed by atoms with Crippen molar-refractivity contribution in [2.45, 2.75) is 25.7 Å². The zero-order valence-electron chi connectivity index (χ0n) is 22.3. The Balaban J connectivity index is 1.43. The molecule has 2 atom stereocenters. The molecule has 10 heteroatoms. The Labute approximate surface area is 226 Å². The van der Waals surface area contributed by atoms with E-state index in [0.717, 1.165) is 40.5 Å². The van der Waals surface area contributed by atoms with E-state index in [0.29, 0.717) is 26.2 Å². The summed E-state index contributed by atoms with van der Waals surface area (Å²) in [7, 11) is 3.48. The van der Waals surface area contributed by atoms with Crippen molar-refractivity contribution in [2.75, 3.05) is 33.4 Å². The first-order chi connectivity index (χ1) is 18.8. The molecule has 0 radical (unpaired) electrons. The van der Waals surface area contributed by atoms with Crippen LogP contribution in [0.3, 0.4) is 0 Å². The number of likely N-dealkylation sites (tertiary alicyclic amines) is 1. The van der Waals surface area contributed by atoms with E-state index in [9.17, 15) is 13.6 Å². The van der Waals surface area contributed by atoms with Crippen molar-refractivity contribution < 1.29 is 18.3 Å². The van der Waals surface area contributed by atoms with E-state index < -0.39 is 11.8 Å². The molecule has 0 N–H and O–H groups in total. The number of carbonyl (C=O) groups excluding carboxylic acids is 1. The molecule has 0 unspecified atom stereocenters. The van der Waals surface area contributed by atoms with Crippen LogP contribution in [-0.2, 0) is 23.0 Å². The van der Waals surface area contributed by atoms with Crippen molar-refractivity contribution >= 4 is 5.78 Å². The molecule has 8 nitrogen and oxygen atoms in total. The third kappa shape index (κ3) is 5.81. The highest BCUT2D eigenvalue weighted by Crippen LogP contribution is 2.37. The Morgan fingerprint density at radius 2 is 1.95 bits per heavy atom. The summed E-state index contributed by atoms with van der Waals surface area (Å²) < 4.78 is 37.5. The number of ether oxygens (including phenoxy) is 1. The van der Waals surface area contributed by atoms with Crippen LogP contribution in [0.25, 0.3) is 16.9 Å². The third-order valence-corrected chi connectivity index (χ3v) is 7.46. The van der Waals surface area contributed by atoms with Crippen LogP contribution in [0, 0.1) is 24.6 Å². The summed E-state index contributed by atoms with van der Waals surface area (Å²) in [6.07, 6.45) is 4.98. The van der Waals surface area contributed by atoms with E-state index in [1.807, 2.05) is 55.2 Å². The number of aromatic nitrogens is 5. The van der Waals surface area contributed by atoms with Crippen LogP contribution in [0.1, 0.15) is 29.2 Å². The van der Waals surface area contributed by atoms with Crippen molar-refractivity contribution in [3.05, 3.63) is 83.6 Å². The lowest BCUT2D eigenvalue weighted by Gasteiger charge is -2.19. The second kappa shape index (κ2) is 11.5. The second-order valence-electron chi connectivity index (χ2n) is 10.1. The Morgan fingerprint density at radius 1 is 1.15 bits per heavy atom. The fourth-order valence-electron chi connectivity index (χ4n) is 5.52. The molecule has 1 aliphatic heterocycles. The summed E-state index contributed by atoms with van der Waals surface area (Å²) in [5.41, 5.74) is 4.48. The number of aryl methyl sites for hydroxylation is 1. The molecule has 0 amide bonds. The van der Waals surface area contributed by atoms with Gasteiger partial charge >= 0.3 is 0 Å². The number of rotatable bonds is 10. The van der Waals surface area contributed by atoms with Gasteiger partial charge in [-0.15, -0.1) is 0 Å². The highest BCUT2D eigenvalue weighted by Gasteiger charge is 2.37. The summed E-state index contributed by atoms with van der Waals surface area (Å²) >= 11 is 0. The summed E-state index contributed by atoms with van der Waals surface area (Å²) in [5.74, 6) is -1.75. The Hall–Kier alpha value is -3.76. The van der Waals surface area contributed by atoms with Crippen LogP contribution in [0.2, 0.25) is 0 Å². The molecule has 1 fully saturated rings. The number of ketones is 1. The minimum absolute atomic E-state index is 0.0199. The SMILES string of the molecule is COCCN1C[C@@H](CC(=O)Cc2c(C)c(-c3cnn(C)c3)nn2-c2ccccc2)[C@H](c2cc(F)ncc2F)C1. The molecule has 3 aromatic heterocycles.